The average Bonchev–Trinajstić information content (AvgIpc) is 2.10. The van der Waals surface area contributed by atoms with Gasteiger partial charge in [0.2, 0.25) is 0 Å². The van der Waals surface area contributed by atoms with Crippen LogP contribution in [0.1, 0.15) is 60.8 Å². The van der Waals surface area contributed by atoms with Crippen molar-refractivity contribution in [3.8, 4) is 0 Å². The van der Waals surface area contributed by atoms with Gasteiger partial charge in [0, 0.05) is 60.6 Å². The normalized spacial score (nSPS) is 9.14. The van der Waals surface area contributed by atoms with Crippen molar-refractivity contribution in [2.45, 2.75) is 60.8 Å². The van der Waals surface area contributed by atoms with Gasteiger partial charge in [-0.25, -0.2) is 0 Å². The zero-order chi connectivity index (χ0) is 17.6. The van der Waals surface area contributed by atoms with Gasteiger partial charge in [0.25, 0.3) is 0 Å². The monoisotopic (exact) mass is 447 g/mol. The Bertz CT molecular complexity index is 253. The number of hydrogen-bond acceptors (Lipinski definition) is 3. The number of carbonyl (C=O) groups is 3. The van der Waals surface area contributed by atoms with Crippen LogP contribution in [-0.4, -0.2) is 33.2 Å². The van der Waals surface area contributed by atoms with Crippen molar-refractivity contribution in [1.29, 1.82) is 0 Å². The standard InChI is InChI=1S/3C5H10O2.Pr/c3*1-4(2)3-5(6)7;/h3*4H,3H2,1-2H3,(H,6,7);. The van der Waals surface area contributed by atoms with E-state index >= 15 is 0 Å². The Balaban J connectivity index is -0.000000108. The molecule has 0 heterocycles. The van der Waals surface area contributed by atoms with E-state index in [1.807, 2.05) is 41.5 Å². The molecule has 0 atom stereocenters. The van der Waals surface area contributed by atoms with Crippen LogP contribution in [0.5, 0.6) is 0 Å². The van der Waals surface area contributed by atoms with Crippen LogP contribution >= 0.6 is 0 Å². The minimum Gasteiger partial charge on any atom is -0.481 e. The van der Waals surface area contributed by atoms with Gasteiger partial charge in [-0.3, -0.25) is 14.4 Å². The van der Waals surface area contributed by atoms with Gasteiger partial charge in [-0.1, -0.05) is 41.5 Å². The number of carboxylic acids is 3. The molecular weight excluding hydrogens is 417 g/mol. The molecule has 6 nitrogen and oxygen atoms in total. The molecular formula is C15H30O6Pr. The van der Waals surface area contributed by atoms with E-state index in [2.05, 4.69) is 0 Å². The summed E-state index contributed by atoms with van der Waals surface area (Å²) < 4.78 is 0. The van der Waals surface area contributed by atoms with Crippen molar-refractivity contribution >= 4 is 17.9 Å². The fourth-order valence-electron chi connectivity index (χ4n) is 1.05. The second-order valence-corrected chi connectivity index (χ2v) is 5.98. The Morgan fingerprint density at radius 2 is 0.727 bits per heavy atom. The Hall–Kier alpha value is -0.226. The van der Waals surface area contributed by atoms with Gasteiger partial charge in [-0.15, -0.1) is 0 Å². The van der Waals surface area contributed by atoms with Crippen LogP contribution in [0.2, 0.25) is 0 Å². The molecule has 0 aromatic heterocycles. The Labute approximate surface area is 166 Å². The van der Waals surface area contributed by atoms with Crippen molar-refractivity contribution < 1.29 is 71.0 Å². The van der Waals surface area contributed by atoms with Crippen molar-refractivity contribution in [3.63, 3.8) is 0 Å². The van der Waals surface area contributed by atoms with E-state index in [1.54, 1.807) is 0 Å². The molecule has 0 saturated carbocycles. The van der Waals surface area contributed by atoms with E-state index in [0.29, 0.717) is 0 Å². The summed E-state index contributed by atoms with van der Waals surface area (Å²) >= 11 is 0. The largest absolute Gasteiger partial charge is 0.481 e. The summed E-state index contributed by atoms with van der Waals surface area (Å²) in [5.41, 5.74) is 0. The topological polar surface area (TPSA) is 112 Å². The first-order valence-electron chi connectivity index (χ1n) is 7.03. The molecule has 0 aromatic carbocycles. The second-order valence-electron chi connectivity index (χ2n) is 5.98. The molecule has 0 rings (SSSR count). The SMILES string of the molecule is CC(C)CC(=O)O.CC(C)CC(=O)O.CC(C)CC(=O)O.[Pr]. The fourth-order valence-corrected chi connectivity index (χ4v) is 1.05. The fraction of sp³-hybridized carbons (Fsp3) is 0.800. The van der Waals surface area contributed by atoms with E-state index in [-0.39, 0.29) is 78.3 Å². The minimum atomic E-state index is -0.713. The van der Waals surface area contributed by atoms with Gasteiger partial charge < -0.3 is 15.3 Å². The molecule has 22 heavy (non-hydrogen) atoms. The summed E-state index contributed by atoms with van der Waals surface area (Å²) in [7, 11) is 0. The maximum Gasteiger partial charge on any atom is 0.303 e. The van der Waals surface area contributed by atoms with E-state index < -0.39 is 17.9 Å². The smallest absolute Gasteiger partial charge is 0.303 e. The van der Waals surface area contributed by atoms with Crippen LogP contribution in [-0.2, 0) is 14.4 Å². The minimum absolute atomic E-state index is 0. The molecule has 3 N–H and O–H groups in total. The summed E-state index contributed by atoms with van der Waals surface area (Å²) in [6.45, 7) is 11.3. The van der Waals surface area contributed by atoms with Crippen molar-refractivity contribution in [1.82, 2.24) is 0 Å². The van der Waals surface area contributed by atoms with Gasteiger partial charge in [0.15, 0.2) is 0 Å². The van der Waals surface area contributed by atoms with Crippen molar-refractivity contribution in [2.24, 2.45) is 17.8 Å². The maximum absolute atomic E-state index is 9.81. The van der Waals surface area contributed by atoms with Gasteiger partial charge in [0.1, 0.15) is 0 Å². The first kappa shape index (κ1) is 29.7. The van der Waals surface area contributed by atoms with Crippen molar-refractivity contribution in [2.75, 3.05) is 0 Å². The molecule has 0 spiro atoms. The van der Waals surface area contributed by atoms with Crippen LogP contribution < -0.4 is 0 Å². The first-order valence-corrected chi connectivity index (χ1v) is 7.03. The predicted molar refractivity (Wildman–Crippen MR) is 81.3 cm³/mol. The molecule has 7 heteroatoms. The van der Waals surface area contributed by atoms with Crippen LogP contribution in [0.3, 0.4) is 0 Å². The Morgan fingerprint density at radius 3 is 0.727 bits per heavy atom. The summed E-state index contributed by atoms with van der Waals surface area (Å²) in [5, 5.41) is 24.3. The van der Waals surface area contributed by atoms with Gasteiger partial charge >= 0.3 is 17.9 Å². The molecule has 0 aliphatic rings. The molecule has 0 aliphatic carbocycles. The van der Waals surface area contributed by atoms with Crippen LogP contribution in [0.15, 0.2) is 0 Å². The quantitative estimate of drug-likeness (QED) is 0.576. The zero-order valence-corrected chi connectivity index (χ0v) is 18.2. The van der Waals surface area contributed by atoms with Crippen molar-refractivity contribution in [3.05, 3.63) is 0 Å². The molecule has 0 aliphatic heterocycles. The van der Waals surface area contributed by atoms with Crippen LogP contribution in [0.4, 0.5) is 0 Å². The zero-order valence-electron chi connectivity index (χ0n) is 14.5. The number of aliphatic carboxylic acids is 3. The Morgan fingerprint density at radius 1 is 0.591 bits per heavy atom. The summed E-state index contributed by atoms with van der Waals surface area (Å²) in [6.07, 6.45) is 0.833. The molecule has 129 valence electrons. The van der Waals surface area contributed by atoms with E-state index in [4.69, 9.17) is 15.3 Å². The third-order valence-corrected chi connectivity index (χ3v) is 1.75. The molecule has 0 bridgehead atoms. The van der Waals surface area contributed by atoms with Gasteiger partial charge in [0.05, 0.1) is 0 Å². The van der Waals surface area contributed by atoms with E-state index in [9.17, 15) is 14.4 Å². The summed E-state index contributed by atoms with van der Waals surface area (Å²) in [5.74, 6) is -1.31. The van der Waals surface area contributed by atoms with Gasteiger partial charge in [-0.05, 0) is 17.8 Å². The maximum atomic E-state index is 9.81. The third-order valence-electron chi connectivity index (χ3n) is 1.75. The summed E-state index contributed by atoms with van der Waals surface area (Å²) in [6, 6.07) is 0. The number of carboxylic acid groups (broad SMARTS) is 3. The molecule has 0 aromatic rings. The third kappa shape index (κ3) is 50.3. The van der Waals surface area contributed by atoms with Crippen LogP contribution in [0, 0.1) is 59.0 Å². The number of rotatable bonds is 6. The molecule has 0 fully saturated rings. The van der Waals surface area contributed by atoms with E-state index in [0.717, 1.165) is 0 Å². The van der Waals surface area contributed by atoms with Gasteiger partial charge in [-0.2, -0.15) is 0 Å². The molecule has 1 radical (unpaired) electrons. The molecule has 0 amide bonds. The van der Waals surface area contributed by atoms with E-state index in [1.165, 1.54) is 0 Å². The Kier molecular flexibility index (Phi) is 25.4. The molecule has 0 unspecified atom stereocenters. The van der Waals surface area contributed by atoms with Crippen LogP contribution in [0.25, 0.3) is 0 Å². The predicted octanol–water partition coefficient (Wildman–Crippen LogP) is 3.35. The molecule has 0 saturated heterocycles. The first-order chi connectivity index (χ1) is 9.38. The summed E-state index contributed by atoms with van der Waals surface area (Å²) in [4.78, 5) is 29.4. The average molecular weight is 447 g/mol. The number of hydrogen-bond donors (Lipinski definition) is 3. The second kappa shape index (κ2) is 18.8.